The number of aromatic nitrogens is 1. The van der Waals surface area contributed by atoms with Gasteiger partial charge < -0.3 is 9.32 Å². The highest BCUT2D eigenvalue weighted by Gasteiger charge is 2.10. The smallest absolute Gasteiger partial charge is 0.192 e. The summed E-state index contributed by atoms with van der Waals surface area (Å²) in [5, 5.41) is 0. The predicted molar refractivity (Wildman–Crippen MR) is 60.8 cm³/mol. The van der Waals surface area contributed by atoms with Crippen LogP contribution in [-0.2, 0) is 0 Å². The molecule has 0 N–H and O–H groups in total. The summed E-state index contributed by atoms with van der Waals surface area (Å²) >= 11 is 0. The van der Waals surface area contributed by atoms with Crippen LogP contribution in [0, 0.1) is 6.92 Å². The quantitative estimate of drug-likeness (QED) is 0.753. The lowest BCUT2D eigenvalue weighted by atomic mass is 10.1. The van der Waals surface area contributed by atoms with Gasteiger partial charge in [0.05, 0.1) is 0 Å². The summed E-state index contributed by atoms with van der Waals surface area (Å²) in [4.78, 5) is 6.51. The van der Waals surface area contributed by atoms with E-state index in [1.165, 1.54) is 5.56 Å². The highest BCUT2D eigenvalue weighted by atomic mass is 16.3. The second-order valence-corrected chi connectivity index (χ2v) is 4.10. The largest absolute Gasteiger partial charge is 0.441 e. The van der Waals surface area contributed by atoms with E-state index in [2.05, 4.69) is 43.0 Å². The number of hydrogen-bond donors (Lipinski definition) is 0. The minimum atomic E-state index is 0.395. The van der Waals surface area contributed by atoms with Crippen LogP contribution >= 0.6 is 0 Å². The van der Waals surface area contributed by atoms with Crippen molar-refractivity contribution >= 4 is 11.1 Å². The average molecular weight is 204 g/mol. The molecule has 0 spiro atoms. The highest BCUT2D eigenvalue weighted by Crippen LogP contribution is 2.22. The number of fused-ring (bicyclic) bond motifs is 1. The molecule has 80 valence electrons. The van der Waals surface area contributed by atoms with Gasteiger partial charge in [0.2, 0.25) is 0 Å². The van der Waals surface area contributed by atoms with Gasteiger partial charge in [-0.3, -0.25) is 0 Å². The second kappa shape index (κ2) is 3.66. The second-order valence-electron chi connectivity index (χ2n) is 4.10. The fourth-order valence-electron chi connectivity index (χ4n) is 1.62. The lowest BCUT2D eigenvalue weighted by Crippen LogP contribution is -2.16. The van der Waals surface area contributed by atoms with E-state index in [1.807, 2.05) is 13.0 Å². The lowest BCUT2D eigenvalue weighted by Gasteiger charge is -2.19. The van der Waals surface area contributed by atoms with Crippen molar-refractivity contribution in [2.24, 2.45) is 0 Å². The Morgan fingerprint density at radius 1 is 1.33 bits per heavy atom. The summed E-state index contributed by atoms with van der Waals surface area (Å²) in [5.41, 5.74) is 3.07. The van der Waals surface area contributed by atoms with Crippen LogP contribution in [0.25, 0.3) is 11.1 Å². The minimum absolute atomic E-state index is 0.395. The normalized spacial score (nSPS) is 13.7. The summed E-state index contributed by atoms with van der Waals surface area (Å²) in [5.74, 6) is 0.722. The van der Waals surface area contributed by atoms with Gasteiger partial charge in [0, 0.05) is 13.0 Å². The van der Waals surface area contributed by atoms with Crippen molar-refractivity contribution in [3.63, 3.8) is 0 Å². The summed E-state index contributed by atoms with van der Waals surface area (Å²) in [6.45, 7) is 4.04. The molecule has 1 unspecified atom stereocenters. The number of aryl methyl sites for hydroxylation is 1. The maximum atomic E-state index is 5.44. The van der Waals surface area contributed by atoms with Gasteiger partial charge in [-0.2, -0.15) is 0 Å². The molecule has 0 saturated carbocycles. The molecule has 0 aliphatic rings. The first-order chi connectivity index (χ1) is 7.08. The molecule has 2 aromatic rings. The van der Waals surface area contributed by atoms with Crippen molar-refractivity contribution in [2.45, 2.75) is 19.9 Å². The van der Waals surface area contributed by atoms with Gasteiger partial charge in [0.15, 0.2) is 11.5 Å². The standard InChI is InChI=1S/C12H16N2O/c1-8(14(3)4)10-5-6-12-11(7-10)13-9(2)15-12/h5-8H,1-4H3. The molecule has 1 aromatic heterocycles. The molecule has 0 saturated heterocycles. The van der Waals surface area contributed by atoms with E-state index in [4.69, 9.17) is 4.42 Å². The Morgan fingerprint density at radius 3 is 2.73 bits per heavy atom. The van der Waals surface area contributed by atoms with E-state index in [9.17, 15) is 0 Å². The highest BCUT2D eigenvalue weighted by molar-refractivity contribution is 5.73. The fourth-order valence-corrected chi connectivity index (χ4v) is 1.62. The zero-order valence-corrected chi connectivity index (χ0v) is 9.61. The Hall–Kier alpha value is -1.35. The molecule has 0 amide bonds. The monoisotopic (exact) mass is 204 g/mol. The molecule has 15 heavy (non-hydrogen) atoms. The number of benzene rings is 1. The lowest BCUT2D eigenvalue weighted by molar-refractivity contribution is 0.321. The average Bonchev–Trinajstić information content (AvgIpc) is 2.55. The van der Waals surface area contributed by atoms with Crippen LogP contribution in [0.3, 0.4) is 0 Å². The minimum Gasteiger partial charge on any atom is -0.441 e. The Bertz CT molecular complexity index is 473. The molecule has 0 aliphatic carbocycles. The van der Waals surface area contributed by atoms with Gasteiger partial charge >= 0.3 is 0 Å². The van der Waals surface area contributed by atoms with E-state index in [0.29, 0.717) is 6.04 Å². The van der Waals surface area contributed by atoms with Crippen LogP contribution in [0.1, 0.15) is 24.4 Å². The Morgan fingerprint density at radius 2 is 2.07 bits per heavy atom. The van der Waals surface area contributed by atoms with Crippen molar-refractivity contribution in [3.05, 3.63) is 29.7 Å². The van der Waals surface area contributed by atoms with E-state index >= 15 is 0 Å². The zero-order chi connectivity index (χ0) is 11.0. The molecule has 1 atom stereocenters. The predicted octanol–water partition coefficient (Wildman–Crippen LogP) is 2.76. The van der Waals surface area contributed by atoms with Gasteiger partial charge in [-0.25, -0.2) is 4.98 Å². The number of nitrogens with zero attached hydrogens (tertiary/aromatic N) is 2. The first-order valence-corrected chi connectivity index (χ1v) is 5.11. The first kappa shape index (κ1) is 10.2. The van der Waals surface area contributed by atoms with Gasteiger partial charge in [-0.05, 0) is 38.7 Å². The van der Waals surface area contributed by atoms with Crippen molar-refractivity contribution in [3.8, 4) is 0 Å². The summed E-state index contributed by atoms with van der Waals surface area (Å²) in [6.07, 6.45) is 0. The maximum absolute atomic E-state index is 5.44. The molecular formula is C12H16N2O. The third-order valence-electron chi connectivity index (χ3n) is 2.78. The summed E-state index contributed by atoms with van der Waals surface area (Å²) in [6, 6.07) is 6.57. The number of oxazole rings is 1. The summed E-state index contributed by atoms with van der Waals surface area (Å²) in [7, 11) is 4.14. The molecule has 1 aromatic carbocycles. The molecule has 3 nitrogen and oxygen atoms in total. The van der Waals surface area contributed by atoms with Gasteiger partial charge in [-0.15, -0.1) is 0 Å². The molecule has 1 heterocycles. The van der Waals surface area contributed by atoms with Crippen molar-refractivity contribution in [1.82, 2.24) is 9.88 Å². The Kier molecular flexibility index (Phi) is 2.49. The third kappa shape index (κ3) is 1.88. The molecule has 2 rings (SSSR count). The molecule has 3 heteroatoms. The maximum Gasteiger partial charge on any atom is 0.192 e. The van der Waals surface area contributed by atoms with Crippen LogP contribution in [-0.4, -0.2) is 24.0 Å². The third-order valence-corrected chi connectivity index (χ3v) is 2.78. The van der Waals surface area contributed by atoms with Crippen LogP contribution in [0.2, 0.25) is 0 Å². The van der Waals surface area contributed by atoms with Crippen LogP contribution in [0.5, 0.6) is 0 Å². The van der Waals surface area contributed by atoms with Crippen molar-refractivity contribution in [2.75, 3.05) is 14.1 Å². The van der Waals surface area contributed by atoms with Gasteiger partial charge in [0.25, 0.3) is 0 Å². The molecule has 0 bridgehead atoms. The van der Waals surface area contributed by atoms with E-state index in [0.717, 1.165) is 17.0 Å². The van der Waals surface area contributed by atoms with Gasteiger partial charge in [0.1, 0.15) is 5.52 Å². The number of rotatable bonds is 2. The van der Waals surface area contributed by atoms with Gasteiger partial charge in [-0.1, -0.05) is 6.07 Å². The summed E-state index contributed by atoms with van der Waals surface area (Å²) < 4.78 is 5.44. The molecule has 0 aliphatic heterocycles. The SMILES string of the molecule is Cc1nc2cc(C(C)N(C)C)ccc2o1. The van der Waals surface area contributed by atoms with E-state index < -0.39 is 0 Å². The van der Waals surface area contributed by atoms with Crippen LogP contribution in [0.4, 0.5) is 0 Å². The van der Waals surface area contributed by atoms with E-state index in [-0.39, 0.29) is 0 Å². The van der Waals surface area contributed by atoms with Crippen molar-refractivity contribution in [1.29, 1.82) is 0 Å². The number of hydrogen-bond acceptors (Lipinski definition) is 3. The van der Waals surface area contributed by atoms with Crippen LogP contribution in [0.15, 0.2) is 22.6 Å². The molecular weight excluding hydrogens is 188 g/mol. The fraction of sp³-hybridized carbons (Fsp3) is 0.417. The zero-order valence-electron chi connectivity index (χ0n) is 9.61. The van der Waals surface area contributed by atoms with Crippen molar-refractivity contribution < 1.29 is 4.42 Å². The molecule has 0 radical (unpaired) electrons. The topological polar surface area (TPSA) is 29.3 Å². The first-order valence-electron chi connectivity index (χ1n) is 5.11. The Labute approximate surface area is 89.7 Å². The molecule has 0 fully saturated rings. The Balaban J connectivity index is 2.46. The van der Waals surface area contributed by atoms with Crippen LogP contribution < -0.4 is 0 Å². The van der Waals surface area contributed by atoms with E-state index in [1.54, 1.807) is 0 Å².